The van der Waals surface area contributed by atoms with Crippen LogP contribution in [0.25, 0.3) is 0 Å². The number of aromatic nitrogens is 2. The summed E-state index contributed by atoms with van der Waals surface area (Å²) in [7, 11) is 0. The molecule has 3 heteroatoms. The van der Waals surface area contributed by atoms with Crippen LogP contribution in [0.3, 0.4) is 0 Å². The number of nitrogens with zero attached hydrogens (tertiary/aromatic N) is 2. The van der Waals surface area contributed by atoms with E-state index >= 15 is 0 Å². The Balaban J connectivity index is 2.00. The maximum Gasteiger partial charge on any atom is 0.147 e. The van der Waals surface area contributed by atoms with E-state index in [-0.39, 0.29) is 0 Å². The number of hydrogen-bond acceptors (Lipinski definition) is 3. The molecular weight excluding hydrogens is 222 g/mol. The summed E-state index contributed by atoms with van der Waals surface area (Å²) in [5.41, 5.74) is 3.55. The number of hydrogen-bond donors (Lipinski definition) is 1. The largest absolute Gasteiger partial charge is 0.364 e. The summed E-state index contributed by atoms with van der Waals surface area (Å²) >= 11 is 0. The average Bonchev–Trinajstić information content (AvgIpc) is 2.38. The molecular formula is C15H19N3. The highest BCUT2D eigenvalue weighted by Crippen LogP contribution is 2.15. The van der Waals surface area contributed by atoms with Crippen LogP contribution in [0.1, 0.15) is 36.6 Å². The maximum atomic E-state index is 4.27. The van der Waals surface area contributed by atoms with Crippen LogP contribution in [0.2, 0.25) is 0 Å². The van der Waals surface area contributed by atoms with Gasteiger partial charge in [0.2, 0.25) is 0 Å². The predicted molar refractivity (Wildman–Crippen MR) is 74.6 cm³/mol. The molecule has 18 heavy (non-hydrogen) atoms. The van der Waals surface area contributed by atoms with E-state index in [9.17, 15) is 0 Å². The SMILES string of the molecule is Cc1nccnc1NCc1ccc(C(C)C)cc1. The monoisotopic (exact) mass is 241 g/mol. The molecule has 1 N–H and O–H groups in total. The molecule has 0 aliphatic rings. The zero-order chi connectivity index (χ0) is 13.0. The second-order valence-electron chi connectivity index (χ2n) is 4.74. The van der Waals surface area contributed by atoms with Crippen molar-refractivity contribution in [3.05, 3.63) is 53.5 Å². The quantitative estimate of drug-likeness (QED) is 0.890. The molecule has 3 nitrogen and oxygen atoms in total. The second kappa shape index (κ2) is 5.63. The molecule has 0 aliphatic heterocycles. The number of benzene rings is 1. The third-order valence-electron chi connectivity index (χ3n) is 2.99. The van der Waals surface area contributed by atoms with Crippen molar-refractivity contribution in [1.29, 1.82) is 0 Å². The van der Waals surface area contributed by atoms with Gasteiger partial charge in [0.25, 0.3) is 0 Å². The van der Waals surface area contributed by atoms with E-state index in [2.05, 4.69) is 53.4 Å². The van der Waals surface area contributed by atoms with Crippen molar-refractivity contribution < 1.29 is 0 Å². The van der Waals surface area contributed by atoms with Crippen LogP contribution in [0.15, 0.2) is 36.7 Å². The first-order chi connectivity index (χ1) is 8.66. The van der Waals surface area contributed by atoms with Gasteiger partial charge >= 0.3 is 0 Å². The van der Waals surface area contributed by atoms with Gasteiger partial charge in [-0.3, -0.25) is 4.98 Å². The Morgan fingerprint density at radius 3 is 2.33 bits per heavy atom. The lowest BCUT2D eigenvalue weighted by Crippen LogP contribution is -2.04. The molecule has 0 saturated heterocycles. The minimum absolute atomic E-state index is 0.578. The first kappa shape index (κ1) is 12.6. The number of rotatable bonds is 4. The summed E-state index contributed by atoms with van der Waals surface area (Å²) in [5.74, 6) is 1.43. The van der Waals surface area contributed by atoms with E-state index in [1.807, 2.05) is 6.92 Å². The molecule has 94 valence electrons. The predicted octanol–water partition coefficient (Wildman–Crippen LogP) is 3.52. The third-order valence-corrected chi connectivity index (χ3v) is 2.99. The van der Waals surface area contributed by atoms with E-state index in [0.717, 1.165) is 18.1 Å². The maximum absolute atomic E-state index is 4.27. The molecule has 0 bridgehead atoms. The highest BCUT2D eigenvalue weighted by Gasteiger charge is 2.01. The van der Waals surface area contributed by atoms with Gasteiger partial charge in [-0.05, 0) is 24.0 Å². The van der Waals surface area contributed by atoms with Crippen molar-refractivity contribution in [3.63, 3.8) is 0 Å². The smallest absolute Gasteiger partial charge is 0.147 e. The molecule has 1 heterocycles. The van der Waals surface area contributed by atoms with Gasteiger partial charge in [0.05, 0.1) is 5.69 Å². The first-order valence-corrected chi connectivity index (χ1v) is 6.27. The fourth-order valence-corrected chi connectivity index (χ4v) is 1.79. The third kappa shape index (κ3) is 3.06. The normalized spacial score (nSPS) is 10.7. The molecule has 0 atom stereocenters. The van der Waals surface area contributed by atoms with Crippen molar-refractivity contribution >= 4 is 5.82 Å². The molecule has 0 fully saturated rings. The Kier molecular flexibility index (Phi) is 3.92. The van der Waals surface area contributed by atoms with Gasteiger partial charge in [0.15, 0.2) is 0 Å². The molecule has 0 spiro atoms. The van der Waals surface area contributed by atoms with Crippen LogP contribution in [-0.4, -0.2) is 9.97 Å². The summed E-state index contributed by atoms with van der Waals surface area (Å²) in [6.45, 7) is 7.14. The van der Waals surface area contributed by atoms with E-state index in [1.54, 1.807) is 12.4 Å². The molecule has 0 unspecified atom stereocenters. The van der Waals surface area contributed by atoms with E-state index in [4.69, 9.17) is 0 Å². The van der Waals surface area contributed by atoms with Crippen LogP contribution < -0.4 is 5.32 Å². The van der Waals surface area contributed by atoms with Gasteiger partial charge in [0.1, 0.15) is 5.82 Å². The zero-order valence-electron chi connectivity index (χ0n) is 11.1. The van der Waals surface area contributed by atoms with Crippen LogP contribution >= 0.6 is 0 Å². The van der Waals surface area contributed by atoms with Gasteiger partial charge in [-0.15, -0.1) is 0 Å². The fourth-order valence-electron chi connectivity index (χ4n) is 1.79. The molecule has 2 aromatic rings. The molecule has 0 saturated carbocycles. The van der Waals surface area contributed by atoms with Gasteiger partial charge in [-0.25, -0.2) is 4.98 Å². The summed E-state index contributed by atoms with van der Waals surface area (Å²) in [4.78, 5) is 8.47. The minimum Gasteiger partial charge on any atom is -0.364 e. The molecule has 1 aromatic carbocycles. The highest BCUT2D eigenvalue weighted by atomic mass is 15.0. The Morgan fingerprint density at radius 1 is 1.06 bits per heavy atom. The Bertz CT molecular complexity index is 503. The van der Waals surface area contributed by atoms with Crippen molar-refractivity contribution in [1.82, 2.24) is 9.97 Å². The molecule has 0 aliphatic carbocycles. The Labute approximate surface area is 108 Å². The lowest BCUT2D eigenvalue weighted by Gasteiger charge is -2.09. The molecule has 0 amide bonds. The zero-order valence-corrected chi connectivity index (χ0v) is 11.1. The Hall–Kier alpha value is -1.90. The molecule has 2 rings (SSSR count). The van der Waals surface area contributed by atoms with Gasteiger partial charge < -0.3 is 5.32 Å². The van der Waals surface area contributed by atoms with E-state index in [1.165, 1.54) is 11.1 Å². The second-order valence-corrected chi connectivity index (χ2v) is 4.74. The van der Waals surface area contributed by atoms with Crippen LogP contribution in [-0.2, 0) is 6.54 Å². The lowest BCUT2D eigenvalue weighted by atomic mass is 10.0. The summed E-state index contributed by atoms with van der Waals surface area (Å²) in [5, 5.41) is 3.30. The molecule has 1 aromatic heterocycles. The van der Waals surface area contributed by atoms with Crippen molar-refractivity contribution in [2.45, 2.75) is 33.2 Å². The minimum atomic E-state index is 0.578. The number of aryl methyl sites for hydroxylation is 1. The highest BCUT2D eigenvalue weighted by molar-refractivity contribution is 5.39. The standard InChI is InChI=1S/C15H19N3/c1-11(2)14-6-4-13(5-7-14)10-18-15-12(3)16-8-9-17-15/h4-9,11H,10H2,1-3H3,(H,17,18). The molecule has 0 radical (unpaired) electrons. The lowest BCUT2D eigenvalue weighted by molar-refractivity contribution is 0.865. The van der Waals surface area contributed by atoms with Crippen LogP contribution in [0, 0.1) is 6.92 Å². The van der Waals surface area contributed by atoms with Gasteiger partial charge in [0, 0.05) is 18.9 Å². The van der Waals surface area contributed by atoms with Crippen LogP contribution in [0.5, 0.6) is 0 Å². The number of anilines is 1. The van der Waals surface area contributed by atoms with Gasteiger partial charge in [-0.1, -0.05) is 38.1 Å². The first-order valence-electron chi connectivity index (χ1n) is 6.27. The topological polar surface area (TPSA) is 37.8 Å². The van der Waals surface area contributed by atoms with Crippen molar-refractivity contribution in [3.8, 4) is 0 Å². The summed E-state index contributed by atoms with van der Waals surface area (Å²) in [6, 6.07) is 8.69. The van der Waals surface area contributed by atoms with Gasteiger partial charge in [-0.2, -0.15) is 0 Å². The summed E-state index contributed by atoms with van der Waals surface area (Å²) in [6.07, 6.45) is 3.41. The van der Waals surface area contributed by atoms with Crippen molar-refractivity contribution in [2.75, 3.05) is 5.32 Å². The number of nitrogens with one attached hydrogen (secondary N) is 1. The van der Waals surface area contributed by atoms with E-state index < -0.39 is 0 Å². The Morgan fingerprint density at radius 2 is 1.72 bits per heavy atom. The van der Waals surface area contributed by atoms with Crippen molar-refractivity contribution in [2.24, 2.45) is 0 Å². The van der Waals surface area contributed by atoms with Crippen LogP contribution in [0.4, 0.5) is 5.82 Å². The summed E-state index contributed by atoms with van der Waals surface area (Å²) < 4.78 is 0. The average molecular weight is 241 g/mol. The fraction of sp³-hybridized carbons (Fsp3) is 0.333. The van der Waals surface area contributed by atoms with E-state index in [0.29, 0.717) is 5.92 Å².